The molecule has 4 N–H and O–H groups in total. The lowest BCUT2D eigenvalue weighted by molar-refractivity contribution is -0.124. The van der Waals surface area contributed by atoms with E-state index in [0.29, 0.717) is 28.3 Å². The molecule has 1 saturated heterocycles. The molecule has 2 aromatic carbocycles. The maximum atomic E-state index is 15.1. The van der Waals surface area contributed by atoms with Crippen molar-refractivity contribution < 1.29 is 35.6 Å². The Labute approximate surface area is 269 Å². The van der Waals surface area contributed by atoms with Gasteiger partial charge in [-0.25, -0.2) is 17.5 Å². The molecule has 2 fully saturated rings. The predicted octanol–water partition coefficient (Wildman–Crippen LogP) is 5.75. The van der Waals surface area contributed by atoms with Gasteiger partial charge in [-0.3, -0.25) is 9.59 Å². The Morgan fingerprint density at radius 1 is 1.04 bits per heavy atom. The van der Waals surface area contributed by atoms with Gasteiger partial charge >= 0.3 is 15.5 Å². The third kappa shape index (κ3) is 6.43. The van der Waals surface area contributed by atoms with Gasteiger partial charge in [0.05, 0.1) is 11.1 Å². The first kappa shape index (κ1) is 33.9. The smallest absolute Gasteiger partial charge is 0.352 e. The average Bonchev–Trinajstić information content (AvgIpc) is 3.38. The molecule has 3 aliphatic rings. The van der Waals surface area contributed by atoms with Crippen molar-refractivity contribution in [2.75, 3.05) is 5.32 Å². The lowest BCUT2D eigenvalue weighted by Crippen LogP contribution is -2.51. The molecular formula is C30H34Cl2F4N4O4S. The average molecular weight is 694 g/mol. The quantitative estimate of drug-likeness (QED) is 0.288. The second kappa shape index (κ2) is 12.0. The van der Waals surface area contributed by atoms with E-state index in [4.69, 9.17) is 23.2 Å². The Hall–Kier alpha value is -2.45. The number of rotatable bonds is 6. The maximum absolute atomic E-state index is 15.1. The van der Waals surface area contributed by atoms with Crippen molar-refractivity contribution in [1.82, 2.24) is 15.4 Å². The van der Waals surface area contributed by atoms with Crippen molar-refractivity contribution in [3.8, 4) is 0 Å². The van der Waals surface area contributed by atoms with Gasteiger partial charge in [0.1, 0.15) is 11.2 Å². The summed E-state index contributed by atoms with van der Waals surface area (Å²) in [5.41, 5.74) is -5.89. The highest BCUT2D eigenvalue weighted by Crippen LogP contribution is 2.57. The zero-order chi connectivity index (χ0) is 33.1. The molecule has 15 heteroatoms. The Morgan fingerprint density at radius 3 is 2.29 bits per heavy atom. The number of fused-ring (bicyclic) bond motifs is 2. The fourth-order valence-corrected chi connectivity index (χ4v) is 8.24. The molecule has 2 aromatic rings. The van der Waals surface area contributed by atoms with E-state index < -0.39 is 68.7 Å². The molecule has 0 radical (unpaired) electrons. The van der Waals surface area contributed by atoms with E-state index in [1.807, 2.05) is 20.8 Å². The van der Waals surface area contributed by atoms with Crippen molar-refractivity contribution >= 4 is 50.7 Å². The van der Waals surface area contributed by atoms with E-state index in [1.165, 1.54) is 12.1 Å². The minimum absolute atomic E-state index is 0.0858. The minimum Gasteiger partial charge on any atom is -0.352 e. The van der Waals surface area contributed by atoms with Crippen LogP contribution in [0.1, 0.15) is 69.9 Å². The standard InChI is InChI=1S/C30H34Cl2F4N4O4S/c1-28(2,3)14-23-29(19-12-21(33)20(32)13-22(19)38-27(29)42)24(15-5-4-6-16(31)11-15)25(39-23)26(41)37-17-7-9-18(10-8-17)40-45(43,44)30(34,35)36/h4-6,11-13,17-18,23-25,39-40H,7-10,14H2,1-3H3,(H,37,41)(H,38,42)/t17-,18+,23-,24+,25-,29+/m1/s1. The summed E-state index contributed by atoms with van der Waals surface area (Å²) >= 11 is 12.5. The highest BCUT2D eigenvalue weighted by atomic mass is 35.5. The monoisotopic (exact) mass is 692 g/mol. The number of nitrogens with one attached hydrogen (secondary N) is 4. The lowest BCUT2D eigenvalue weighted by atomic mass is 9.62. The van der Waals surface area contributed by atoms with Crippen LogP contribution >= 0.6 is 23.2 Å². The molecule has 0 bridgehead atoms. The summed E-state index contributed by atoms with van der Waals surface area (Å²) in [6, 6.07) is 6.40. The molecular weight excluding hydrogens is 659 g/mol. The topological polar surface area (TPSA) is 116 Å². The molecule has 45 heavy (non-hydrogen) atoms. The van der Waals surface area contributed by atoms with Gasteiger partial charge in [-0.15, -0.1) is 0 Å². The molecule has 1 aliphatic carbocycles. The Balaban J connectivity index is 1.49. The van der Waals surface area contributed by atoms with Crippen LogP contribution in [0, 0.1) is 11.2 Å². The third-order valence-electron chi connectivity index (χ3n) is 8.89. The number of amides is 2. The summed E-state index contributed by atoms with van der Waals surface area (Å²) in [6.45, 7) is 5.98. The Kier molecular flexibility index (Phi) is 9.02. The second-order valence-corrected chi connectivity index (χ2v) is 15.8. The molecule has 2 amide bonds. The fourth-order valence-electron chi connectivity index (χ4n) is 7.07. The number of hydrogen-bond donors (Lipinski definition) is 4. The number of halogens is 6. The summed E-state index contributed by atoms with van der Waals surface area (Å²) in [7, 11) is -5.49. The van der Waals surface area contributed by atoms with Crippen LogP contribution in [-0.2, 0) is 25.0 Å². The van der Waals surface area contributed by atoms with Gasteiger partial charge < -0.3 is 16.0 Å². The van der Waals surface area contributed by atoms with Crippen LogP contribution in [0.5, 0.6) is 0 Å². The van der Waals surface area contributed by atoms with E-state index in [1.54, 1.807) is 29.0 Å². The van der Waals surface area contributed by atoms with Crippen LogP contribution in [0.4, 0.5) is 23.2 Å². The molecule has 246 valence electrons. The molecule has 2 aliphatic heterocycles. The summed E-state index contributed by atoms with van der Waals surface area (Å²) in [6.07, 6.45) is 1.06. The van der Waals surface area contributed by atoms with Crippen molar-refractivity contribution in [1.29, 1.82) is 0 Å². The van der Waals surface area contributed by atoms with Crippen LogP contribution in [0.25, 0.3) is 0 Å². The van der Waals surface area contributed by atoms with Crippen LogP contribution in [0.2, 0.25) is 10.0 Å². The van der Waals surface area contributed by atoms with Crippen LogP contribution in [0.3, 0.4) is 0 Å². The maximum Gasteiger partial charge on any atom is 0.511 e. The first-order chi connectivity index (χ1) is 20.8. The second-order valence-electron chi connectivity index (χ2n) is 13.3. The predicted molar refractivity (Wildman–Crippen MR) is 163 cm³/mol. The number of carbonyl (C=O) groups excluding carboxylic acids is 2. The zero-order valence-electron chi connectivity index (χ0n) is 24.7. The number of alkyl halides is 3. The van der Waals surface area contributed by atoms with Gasteiger partial charge in [-0.05, 0) is 72.9 Å². The summed E-state index contributed by atoms with van der Waals surface area (Å²) in [4.78, 5) is 28.3. The van der Waals surface area contributed by atoms with Crippen LogP contribution in [-0.4, -0.2) is 49.9 Å². The van der Waals surface area contributed by atoms with E-state index in [9.17, 15) is 31.2 Å². The Bertz CT molecular complexity index is 1610. The molecule has 5 rings (SSSR count). The van der Waals surface area contributed by atoms with Crippen molar-refractivity contribution in [2.24, 2.45) is 5.41 Å². The number of hydrogen-bond acceptors (Lipinski definition) is 5. The lowest BCUT2D eigenvalue weighted by Gasteiger charge is -2.38. The molecule has 1 spiro atoms. The van der Waals surface area contributed by atoms with Crippen LogP contribution in [0.15, 0.2) is 36.4 Å². The molecule has 0 aromatic heterocycles. The van der Waals surface area contributed by atoms with Gasteiger partial charge in [-0.1, -0.05) is 56.1 Å². The van der Waals surface area contributed by atoms with Gasteiger partial charge in [-0.2, -0.15) is 13.2 Å². The van der Waals surface area contributed by atoms with E-state index >= 15 is 4.39 Å². The van der Waals surface area contributed by atoms with Gasteiger partial charge in [0, 0.05) is 34.8 Å². The number of anilines is 1. The van der Waals surface area contributed by atoms with Gasteiger partial charge in [0.25, 0.3) is 0 Å². The minimum atomic E-state index is -5.49. The largest absolute Gasteiger partial charge is 0.511 e. The number of carbonyl (C=O) groups is 2. The normalized spacial score (nSPS) is 28.6. The zero-order valence-corrected chi connectivity index (χ0v) is 27.0. The van der Waals surface area contributed by atoms with E-state index in [2.05, 4.69) is 16.0 Å². The SMILES string of the molecule is CC(C)(C)C[C@H]1N[C@@H](C(=O)N[C@H]2CC[C@@H](NS(=O)(=O)C(F)(F)F)CC2)[C@H](c2cccc(Cl)c2)[C@@]12C(=O)Nc1cc(Cl)c(F)cc12. The van der Waals surface area contributed by atoms with Crippen molar-refractivity contribution in [2.45, 2.75) is 93.9 Å². The highest BCUT2D eigenvalue weighted by molar-refractivity contribution is 7.90. The van der Waals surface area contributed by atoms with Crippen molar-refractivity contribution in [3.63, 3.8) is 0 Å². The third-order valence-corrected chi connectivity index (χ3v) is 10.7. The molecule has 1 saturated carbocycles. The molecule has 0 unspecified atom stereocenters. The first-order valence-electron chi connectivity index (χ1n) is 14.5. The van der Waals surface area contributed by atoms with E-state index in [-0.39, 0.29) is 36.1 Å². The summed E-state index contributed by atoms with van der Waals surface area (Å²) in [5.74, 6) is -2.43. The molecule has 2 heterocycles. The number of benzene rings is 2. The first-order valence-corrected chi connectivity index (χ1v) is 16.8. The van der Waals surface area contributed by atoms with Gasteiger partial charge in [0.2, 0.25) is 11.8 Å². The van der Waals surface area contributed by atoms with Gasteiger partial charge in [0.15, 0.2) is 0 Å². The molecule has 4 atom stereocenters. The van der Waals surface area contributed by atoms with E-state index in [0.717, 1.165) is 0 Å². The van der Waals surface area contributed by atoms with Crippen molar-refractivity contribution in [3.05, 3.63) is 63.4 Å². The summed E-state index contributed by atoms with van der Waals surface area (Å²) in [5, 5.41) is 9.48. The Morgan fingerprint density at radius 2 is 1.69 bits per heavy atom. The number of sulfonamides is 1. The summed E-state index contributed by atoms with van der Waals surface area (Å²) < 4.78 is 78.5. The van der Waals surface area contributed by atoms with Crippen LogP contribution < -0.4 is 20.7 Å². The highest BCUT2D eigenvalue weighted by Gasteiger charge is 2.66. The fraction of sp³-hybridized carbons (Fsp3) is 0.533. The molecule has 8 nitrogen and oxygen atoms in total.